The molecule has 336 valence electrons. The van der Waals surface area contributed by atoms with E-state index in [4.69, 9.17) is 9.98 Å². The first-order valence-electron chi connectivity index (χ1n) is 24.9. The van der Waals surface area contributed by atoms with E-state index in [1.54, 1.807) is 0 Å². The number of amidine groups is 1. The zero-order valence-electron chi connectivity index (χ0n) is 39.1. The summed E-state index contributed by atoms with van der Waals surface area (Å²) in [6.07, 6.45) is 5.02. The molecule has 3 aromatic heterocycles. The number of rotatable bonds is 4. The molecule has 2 atom stereocenters. The summed E-state index contributed by atoms with van der Waals surface area (Å²) in [5.41, 5.74) is 13.1. The van der Waals surface area contributed by atoms with Gasteiger partial charge in [0.1, 0.15) is 5.84 Å². The average Bonchev–Trinajstić information content (AvgIpc) is 4.03. The molecule has 4 heterocycles. The number of para-hydroxylation sites is 1. The maximum Gasteiger partial charge on any atom is 0.136 e. The Bertz CT molecular complexity index is 4480. The van der Waals surface area contributed by atoms with Crippen LogP contribution in [-0.4, -0.2) is 16.1 Å². The number of benzene rings is 10. The van der Waals surface area contributed by atoms with E-state index in [9.17, 15) is 0 Å². The van der Waals surface area contributed by atoms with Gasteiger partial charge in [0.25, 0.3) is 0 Å². The van der Waals surface area contributed by atoms with E-state index in [0.29, 0.717) is 0 Å². The number of nitrogens with zero attached hydrogens (tertiary/aromatic N) is 3. The van der Waals surface area contributed by atoms with Crippen LogP contribution in [0.4, 0.5) is 0 Å². The quantitative estimate of drug-likeness (QED) is 0.168. The van der Waals surface area contributed by atoms with Crippen LogP contribution >= 0.6 is 22.7 Å². The van der Waals surface area contributed by atoms with E-state index < -0.39 is 0 Å². The lowest BCUT2D eigenvalue weighted by molar-refractivity contribution is 0.761. The van der Waals surface area contributed by atoms with Crippen molar-refractivity contribution in [3.63, 3.8) is 0 Å². The third-order valence-corrected chi connectivity index (χ3v) is 17.7. The average molecular weight is 944 g/mol. The van der Waals surface area contributed by atoms with Crippen LogP contribution in [0.15, 0.2) is 216 Å². The zero-order chi connectivity index (χ0) is 46.7. The molecule has 0 radical (unpaired) electrons. The van der Waals surface area contributed by atoms with E-state index in [1.807, 2.05) is 22.7 Å². The molecule has 0 amide bonds. The van der Waals surface area contributed by atoms with Crippen LogP contribution in [0.5, 0.6) is 0 Å². The summed E-state index contributed by atoms with van der Waals surface area (Å²) in [5.74, 6) is 0.883. The standard InChI is InChI=1S/C66H45N3S2/c1-39-26-30-57(45-28-31-62-53(34-45)50-23-11-13-25-61(50)70-62)67-66(51-29-27-40-14-6-7-19-46(40)47-20-8-9-21-48(47)51)68-65(39)56-38-64-55(54-33-42-16-3-5-18-44(42)36-63(54)71-64)37-60(56)69-58-24-12-10-22-49(58)52-32-41-15-2-4-17-43(41)35-59(52)69/h2-25,28,30-39,51H,26-27,29H2,1H3/b57-30+,67-66?,68-65?. The highest BCUT2D eigenvalue weighted by molar-refractivity contribution is 7.26. The van der Waals surface area contributed by atoms with Gasteiger partial charge in [0, 0.05) is 74.1 Å². The van der Waals surface area contributed by atoms with Gasteiger partial charge >= 0.3 is 0 Å². The SMILES string of the molecule is CC1C/C=C(\c2ccc3sc4ccccc4c3c2)N=C(C2CCc3ccccc3-c3ccccc32)N=C1c1cc2sc3cc4ccccc4cc3c2cc1-n1c2ccccc2c2cc3ccccc3cc21. The Morgan fingerprint density at radius 1 is 0.465 bits per heavy atom. The summed E-state index contributed by atoms with van der Waals surface area (Å²) in [5, 5.41) is 12.6. The molecule has 15 rings (SSSR count). The summed E-state index contributed by atoms with van der Waals surface area (Å²) < 4.78 is 7.70. The van der Waals surface area contributed by atoms with Crippen molar-refractivity contribution >= 4 is 124 Å². The number of aliphatic imine (C=N–C) groups is 2. The molecule has 3 nitrogen and oxygen atoms in total. The minimum absolute atomic E-state index is 0.0449. The molecule has 2 unspecified atom stereocenters. The number of hydrogen-bond acceptors (Lipinski definition) is 4. The molecule has 5 heteroatoms. The fourth-order valence-corrected chi connectivity index (χ4v) is 14.2. The molecule has 0 saturated heterocycles. The smallest absolute Gasteiger partial charge is 0.136 e. The highest BCUT2D eigenvalue weighted by Crippen LogP contribution is 2.45. The second-order valence-corrected chi connectivity index (χ2v) is 21.7. The van der Waals surface area contributed by atoms with Crippen molar-refractivity contribution in [2.24, 2.45) is 15.9 Å². The molecule has 0 spiro atoms. The maximum atomic E-state index is 6.10. The van der Waals surface area contributed by atoms with Crippen LogP contribution in [0, 0.1) is 5.92 Å². The summed E-state index contributed by atoms with van der Waals surface area (Å²) >= 11 is 3.75. The Hall–Kier alpha value is -7.96. The largest absolute Gasteiger partial charge is 0.309 e. The lowest BCUT2D eigenvalue weighted by Crippen LogP contribution is -2.22. The maximum absolute atomic E-state index is 6.10. The highest BCUT2D eigenvalue weighted by atomic mass is 32.1. The molecular formula is C66H45N3S2. The second-order valence-electron chi connectivity index (χ2n) is 19.6. The molecule has 2 aliphatic rings. The van der Waals surface area contributed by atoms with Gasteiger partial charge in [-0.25, -0.2) is 9.98 Å². The number of fused-ring (bicyclic) bond motifs is 14. The van der Waals surface area contributed by atoms with E-state index in [2.05, 4.69) is 218 Å². The summed E-state index contributed by atoms with van der Waals surface area (Å²) in [4.78, 5) is 12.0. The van der Waals surface area contributed by atoms with Crippen LogP contribution in [-0.2, 0) is 6.42 Å². The van der Waals surface area contributed by atoms with Crippen molar-refractivity contribution in [2.75, 3.05) is 0 Å². The van der Waals surface area contributed by atoms with Gasteiger partial charge in [0.15, 0.2) is 0 Å². The molecule has 1 aliphatic carbocycles. The first-order chi connectivity index (χ1) is 35.1. The molecule has 13 aromatic rings. The monoisotopic (exact) mass is 943 g/mol. The predicted molar refractivity (Wildman–Crippen MR) is 307 cm³/mol. The fourth-order valence-electron chi connectivity index (χ4n) is 11.9. The van der Waals surface area contributed by atoms with Crippen LogP contribution in [0.2, 0.25) is 0 Å². The van der Waals surface area contributed by atoms with E-state index in [1.165, 1.54) is 106 Å². The molecule has 71 heavy (non-hydrogen) atoms. The van der Waals surface area contributed by atoms with Crippen LogP contribution in [0.25, 0.3) is 106 Å². The lowest BCUT2D eigenvalue weighted by Gasteiger charge is -2.25. The van der Waals surface area contributed by atoms with Crippen LogP contribution in [0.3, 0.4) is 0 Å². The number of aryl methyl sites for hydroxylation is 1. The Labute approximate surface area is 419 Å². The number of allylic oxidation sites excluding steroid dienone is 1. The Balaban J connectivity index is 1.02. The summed E-state index contributed by atoms with van der Waals surface area (Å²) in [6, 6.07) is 74.7. The molecule has 10 aromatic carbocycles. The van der Waals surface area contributed by atoms with Gasteiger partial charge in [0.2, 0.25) is 0 Å². The Kier molecular flexibility index (Phi) is 9.24. The van der Waals surface area contributed by atoms with Gasteiger partial charge in [-0.1, -0.05) is 153 Å². The zero-order valence-corrected chi connectivity index (χ0v) is 40.7. The van der Waals surface area contributed by atoms with Crippen molar-refractivity contribution in [1.82, 2.24) is 4.57 Å². The van der Waals surface area contributed by atoms with Crippen LogP contribution in [0.1, 0.15) is 47.9 Å². The molecule has 0 N–H and O–H groups in total. The van der Waals surface area contributed by atoms with E-state index in [0.717, 1.165) is 53.3 Å². The van der Waals surface area contributed by atoms with Crippen LogP contribution < -0.4 is 0 Å². The molecule has 0 fully saturated rings. The van der Waals surface area contributed by atoms with Crippen molar-refractivity contribution in [3.05, 3.63) is 229 Å². The lowest BCUT2D eigenvalue weighted by atomic mass is 9.88. The van der Waals surface area contributed by atoms with Gasteiger partial charge in [0.05, 0.1) is 28.1 Å². The van der Waals surface area contributed by atoms with Gasteiger partial charge in [-0.2, -0.15) is 0 Å². The Morgan fingerprint density at radius 3 is 1.96 bits per heavy atom. The van der Waals surface area contributed by atoms with Gasteiger partial charge in [-0.3, -0.25) is 0 Å². The first-order valence-corrected chi connectivity index (χ1v) is 26.5. The van der Waals surface area contributed by atoms with Crippen molar-refractivity contribution in [1.29, 1.82) is 0 Å². The predicted octanol–water partition coefficient (Wildman–Crippen LogP) is 18.5. The van der Waals surface area contributed by atoms with E-state index in [-0.39, 0.29) is 11.8 Å². The molecular weight excluding hydrogens is 899 g/mol. The third-order valence-electron chi connectivity index (χ3n) is 15.4. The van der Waals surface area contributed by atoms with Crippen molar-refractivity contribution in [3.8, 4) is 16.8 Å². The van der Waals surface area contributed by atoms with Gasteiger partial charge in [-0.15, -0.1) is 22.7 Å². The van der Waals surface area contributed by atoms with Gasteiger partial charge in [-0.05, 0) is 124 Å². The first kappa shape index (κ1) is 40.9. The molecule has 1 aliphatic heterocycles. The number of thiophene rings is 2. The summed E-state index contributed by atoms with van der Waals surface area (Å²) in [7, 11) is 0. The summed E-state index contributed by atoms with van der Waals surface area (Å²) in [6.45, 7) is 2.38. The van der Waals surface area contributed by atoms with Gasteiger partial charge < -0.3 is 4.57 Å². The topological polar surface area (TPSA) is 29.6 Å². The fraction of sp³-hybridized carbons (Fsp3) is 0.0909. The third kappa shape index (κ3) is 6.53. The number of hydrogen-bond donors (Lipinski definition) is 0. The van der Waals surface area contributed by atoms with Crippen molar-refractivity contribution in [2.45, 2.75) is 32.1 Å². The molecule has 0 saturated carbocycles. The minimum Gasteiger partial charge on any atom is -0.309 e. The van der Waals surface area contributed by atoms with Crippen molar-refractivity contribution < 1.29 is 0 Å². The van der Waals surface area contributed by atoms with E-state index >= 15 is 0 Å². The number of aromatic nitrogens is 1. The minimum atomic E-state index is -0.0449. The highest BCUT2D eigenvalue weighted by Gasteiger charge is 2.30. The molecule has 0 bridgehead atoms. The second kappa shape index (κ2) is 16.0. The normalized spacial score (nSPS) is 17.1. The Morgan fingerprint density at radius 2 is 1.10 bits per heavy atom.